The van der Waals surface area contributed by atoms with Gasteiger partial charge in [0.2, 0.25) is 0 Å². The fourth-order valence-corrected chi connectivity index (χ4v) is 3.10. The summed E-state index contributed by atoms with van der Waals surface area (Å²) in [5.41, 5.74) is 3.17. The zero-order chi connectivity index (χ0) is 22.9. The maximum Gasteiger partial charge on any atom is 0.344 e. The summed E-state index contributed by atoms with van der Waals surface area (Å²) < 4.78 is 11.3. The van der Waals surface area contributed by atoms with Crippen molar-refractivity contribution in [2.24, 2.45) is 5.10 Å². The van der Waals surface area contributed by atoms with Crippen LogP contribution in [0.1, 0.15) is 15.9 Å². The van der Waals surface area contributed by atoms with Crippen LogP contribution in [0.5, 0.6) is 11.5 Å². The summed E-state index contributed by atoms with van der Waals surface area (Å²) in [5.74, 6) is -0.676. The van der Waals surface area contributed by atoms with E-state index in [1.807, 2.05) is 12.1 Å². The van der Waals surface area contributed by atoms with E-state index < -0.39 is 23.4 Å². The lowest BCUT2D eigenvalue weighted by Crippen LogP contribution is -2.24. The average Bonchev–Trinajstić information content (AvgIpc) is 2.79. The number of hydrogen-bond acceptors (Lipinski definition) is 7. The number of nitrogens with one attached hydrogen (secondary N) is 1. The number of rotatable bonds is 8. The van der Waals surface area contributed by atoms with Crippen LogP contribution in [0.4, 0.5) is 5.69 Å². The van der Waals surface area contributed by atoms with Crippen molar-refractivity contribution in [2.75, 3.05) is 6.61 Å². The predicted octanol–water partition coefficient (Wildman–Crippen LogP) is 3.95. The number of benzene rings is 3. The van der Waals surface area contributed by atoms with Crippen molar-refractivity contribution in [1.29, 1.82) is 0 Å². The lowest BCUT2D eigenvalue weighted by molar-refractivity contribution is -0.385. The van der Waals surface area contributed by atoms with Crippen molar-refractivity contribution in [1.82, 2.24) is 5.43 Å². The fraction of sp³-hybridized carbons (Fsp3) is 0.0455. The summed E-state index contributed by atoms with van der Waals surface area (Å²) in [6.45, 7) is -0.435. The smallest absolute Gasteiger partial charge is 0.344 e. The van der Waals surface area contributed by atoms with Gasteiger partial charge in [-0.1, -0.05) is 24.3 Å². The molecular formula is C22H16IN3O6. The second kappa shape index (κ2) is 11.0. The maximum absolute atomic E-state index is 12.2. The number of nitro benzene ring substituents is 1. The molecule has 0 bridgehead atoms. The van der Waals surface area contributed by atoms with Crippen LogP contribution >= 0.6 is 22.6 Å². The fourth-order valence-electron chi connectivity index (χ4n) is 2.50. The summed E-state index contributed by atoms with van der Waals surface area (Å²) in [6.07, 6.45) is 1.40. The molecular weight excluding hydrogens is 529 g/mol. The van der Waals surface area contributed by atoms with Gasteiger partial charge in [0.1, 0.15) is 5.75 Å². The highest BCUT2D eigenvalue weighted by atomic mass is 127. The monoisotopic (exact) mass is 545 g/mol. The van der Waals surface area contributed by atoms with Crippen LogP contribution in [0.15, 0.2) is 77.9 Å². The van der Waals surface area contributed by atoms with Crippen LogP contribution in [0.2, 0.25) is 0 Å². The van der Waals surface area contributed by atoms with Gasteiger partial charge < -0.3 is 9.47 Å². The van der Waals surface area contributed by atoms with Crippen LogP contribution in [-0.2, 0) is 4.79 Å². The number of ether oxygens (including phenoxy) is 2. The highest BCUT2D eigenvalue weighted by molar-refractivity contribution is 14.1. The molecule has 0 atom stereocenters. The number of para-hydroxylation sites is 2. The van der Waals surface area contributed by atoms with Gasteiger partial charge in [0.25, 0.3) is 5.91 Å². The van der Waals surface area contributed by atoms with Gasteiger partial charge in [-0.05, 0) is 70.6 Å². The largest absolute Gasteiger partial charge is 0.477 e. The van der Waals surface area contributed by atoms with Gasteiger partial charge in [0, 0.05) is 9.64 Å². The topological polar surface area (TPSA) is 120 Å². The van der Waals surface area contributed by atoms with E-state index in [0.717, 1.165) is 3.57 Å². The minimum atomic E-state index is -0.590. The van der Waals surface area contributed by atoms with E-state index in [4.69, 9.17) is 9.47 Å². The Hall–Kier alpha value is -3.80. The first-order valence-corrected chi connectivity index (χ1v) is 10.3. The van der Waals surface area contributed by atoms with Gasteiger partial charge in [-0.2, -0.15) is 5.10 Å². The van der Waals surface area contributed by atoms with E-state index in [-0.39, 0.29) is 11.4 Å². The second-order valence-electron chi connectivity index (χ2n) is 6.25. The van der Waals surface area contributed by atoms with Crippen molar-refractivity contribution in [2.45, 2.75) is 0 Å². The van der Waals surface area contributed by atoms with E-state index in [1.54, 1.807) is 42.5 Å². The molecule has 0 aliphatic rings. The van der Waals surface area contributed by atoms with Gasteiger partial charge in [0.05, 0.1) is 16.7 Å². The van der Waals surface area contributed by atoms with E-state index in [2.05, 4.69) is 33.1 Å². The average molecular weight is 545 g/mol. The molecule has 3 rings (SSSR count). The Bertz CT molecular complexity index is 1160. The molecule has 0 aliphatic carbocycles. The van der Waals surface area contributed by atoms with E-state index in [1.165, 1.54) is 24.4 Å². The van der Waals surface area contributed by atoms with Gasteiger partial charge in [-0.15, -0.1) is 0 Å². The highest BCUT2D eigenvalue weighted by Crippen LogP contribution is 2.25. The number of carbonyl (C=O) groups excluding carboxylic acids is 2. The number of nitro groups is 1. The number of halogens is 1. The third-order valence-electron chi connectivity index (χ3n) is 4.01. The molecule has 0 spiro atoms. The zero-order valence-electron chi connectivity index (χ0n) is 16.4. The molecule has 1 N–H and O–H groups in total. The van der Waals surface area contributed by atoms with Gasteiger partial charge >= 0.3 is 11.7 Å². The standard InChI is InChI=1S/C22H16IN3O6/c23-18-6-2-1-5-17(18)22(28)32-16-11-9-15(10-12-16)13-24-25-21(27)14-31-20-8-4-3-7-19(20)26(29)30/h1-13H,14H2,(H,25,27)/b24-13-. The normalized spacial score (nSPS) is 10.5. The second-order valence-corrected chi connectivity index (χ2v) is 7.41. The predicted molar refractivity (Wildman–Crippen MR) is 125 cm³/mol. The van der Waals surface area contributed by atoms with Crippen LogP contribution < -0.4 is 14.9 Å². The minimum absolute atomic E-state index is 0.00745. The van der Waals surface area contributed by atoms with Gasteiger partial charge in [-0.3, -0.25) is 14.9 Å². The Morgan fingerprint density at radius 3 is 2.44 bits per heavy atom. The molecule has 0 radical (unpaired) electrons. The Balaban J connectivity index is 1.49. The molecule has 1 amide bonds. The van der Waals surface area contributed by atoms with Crippen LogP contribution in [0, 0.1) is 13.7 Å². The van der Waals surface area contributed by atoms with Crippen molar-refractivity contribution >= 4 is 46.4 Å². The van der Waals surface area contributed by atoms with Crippen LogP contribution in [-0.4, -0.2) is 29.6 Å². The molecule has 0 heterocycles. The molecule has 162 valence electrons. The quantitative estimate of drug-likeness (QED) is 0.114. The molecule has 0 aromatic heterocycles. The molecule has 9 nitrogen and oxygen atoms in total. The van der Waals surface area contributed by atoms with Gasteiger partial charge in [0.15, 0.2) is 12.4 Å². The molecule has 3 aromatic carbocycles. The molecule has 3 aromatic rings. The summed E-state index contributed by atoms with van der Waals surface area (Å²) in [5, 5.41) is 14.8. The highest BCUT2D eigenvalue weighted by Gasteiger charge is 2.15. The molecule has 0 saturated heterocycles. The Morgan fingerprint density at radius 1 is 1.03 bits per heavy atom. The van der Waals surface area contributed by atoms with Crippen molar-refractivity contribution in [3.8, 4) is 11.5 Å². The summed E-state index contributed by atoms with van der Waals surface area (Å²) in [7, 11) is 0. The van der Waals surface area contributed by atoms with E-state index in [9.17, 15) is 19.7 Å². The lowest BCUT2D eigenvalue weighted by atomic mass is 10.2. The van der Waals surface area contributed by atoms with Gasteiger partial charge in [-0.25, -0.2) is 10.2 Å². The molecule has 0 aliphatic heterocycles. The van der Waals surface area contributed by atoms with E-state index in [0.29, 0.717) is 16.9 Å². The SMILES string of the molecule is O=C(COc1ccccc1[N+](=O)[O-])N/N=C\c1ccc(OC(=O)c2ccccc2I)cc1. The summed E-state index contributed by atoms with van der Waals surface area (Å²) in [6, 6.07) is 19.4. The molecule has 0 saturated carbocycles. The molecule has 0 unspecified atom stereocenters. The van der Waals surface area contributed by atoms with Crippen molar-refractivity contribution < 1.29 is 24.0 Å². The summed E-state index contributed by atoms with van der Waals surface area (Å²) in [4.78, 5) is 34.4. The third-order valence-corrected chi connectivity index (χ3v) is 4.95. The van der Waals surface area contributed by atoms with E-state index >= 15 is 0 Å². The maximum atomic E-state index is 12.2. The zero-order valence-corrected chi connectivity index (χ0v) is 18.6. The van der Waals surface area contributed by atoms with Crippen molar-refractivity contribution in [3.05, 3.63) is 97.6 Å². The third kappa shape index (κ3) is 6.35. The summed E-state index contributed by atoms with van der Waals surface area (Å²) >= 11 is 2.07. The first-order chi connectivity index (χ1) is 15.4. The molecule has 32 heavy (non-hydrogen) atoms. The Morgan fingerprint density at radius 2 is 1.72 bits per heavy atom. The number of hydrogen-bond donors (Lipinski definition) is 1. The number of esters is 1. The lowest BCUT2D eigenvalue weighted by Gasteiger charge is -2.06. The molecule has 0 fully saturated rings. The first kappa shape index (κ1) is 22.9. The Labute approximate surface area is 196 Å². The number of carbonyl (C=O) groups is 2. The number of hydrazone groups is 1. The van der Waals surface area contributed by atoms with Crippen molar-refractivity contribution in [3.63, 3.8) is 0 Å². The minimum Gasteiger partial charge on any atom is -0.477 e. The van der Waals surface area contributed by atoms with Crippen LogP contribution in [0.3, 0.4) is 0 Å². The number of nitrogens with zero attached hydrogens (tertiary/aromatic N) is 2. The first-order valence-electron chi connectivity index (χ1n) is 9.19. The molecule has 10 heteroatoms. The Kier molecular flexibility index (Phi) is 7.86. The van der Waals surface area contributed by atoms with Crippen LogP contribution in [0.25, 0.3) is 0 Å². The number of amides is 1.